The van der Waals surface area contributed by atoms with E-state index in [0.29, 0.717) is 12.8 Å². The zero-order chi connectivity index (χ0) is 21.5. The lowest BCUT2D eigenvalue weighted by Gasteiger charge is -2.48. The number of nitrogens with zero attached hydrogens (tertiary/aromatic N) is 2. The zero-order valence-electron chi connectivity index (χ0n) is 19.9. The maximum atomic E-state index is 12.6. The van der Waals surface area contributed by atoms with E-state index in [2.05, 4.69) is 32.6 Å². The summed E-state index contributed by atoms with van der Waals surface area (Å²) in [6, 6.07) is 0. The normalized spacial score (nSPS) is 15.1. The second-order valence-corrected chi connectivity index (χ2v) is 8.84. The fraction of sp³-hybridized carbons (Fsp3) is 0.920. The van der Waals surface area contributed by atoms with Gasteiger partial charge in [-0.15, -0.1) is 0 Å². The van der Waals surface area contributed by atoms with Crippen molar-refractivity contribution < 1.29 is 9.59 Å². The fourth-order valence-electron chi connectivity index (χ4n) is 4.89. The van der Waals surface area contributed by atoms with Crippen LogP contribution in [-0.4, -0.2) is 40.4 Å². The minimum absolute atomic E-state index is 0.0367. The molecular formula is C25H48N2O2. The van der Waals surface area contributed by atoms with Gasteiger partial charge in [-0.25, -0.2) is 0 Å². The molecule has 0 aromatic heterocycles. The molecule has 4 heteroatoms. The van der Waals surface area contributed by atoms with E-state index in [4.69, 9.17) is 0 Å². The molecule has 0 aromatic carbocycles. The zero-order valence-corrected chi connectivity index (χ0v) is 19.9. The number of carbonyl (C=O) groups is 2. The number of amides is 2. The number of hydrogen-bond donors (Lipinski definition) is 0. The van der Waals surface area contributed by atoms with Crippen LogP contribution in [0.15, 0.2) is 0 Å². The van der Waals surface area contributed by atoms with Gasteiger partial charge < -0.3 is 0 Å². The molecule has 0 saturated carbocycles. The van der Waals surface area contributed by atoms with Crippen LogP contribution in [0.1, 0.15) is 130 Å². The lowest BCUT2D eigenvalue weighted by Crippen LogP contribution is -2.62. The maximum absolute atomic E-state index is 12.6. The van der Waals surface area contributed by atoms with Crippen molar-refractivity contribution in [2.45, 2.75) is 136 Å². The summed E-state index contributed by atoms with van der Waals surface area (Å²) in [5.41, 5.74) is -0.419. The molecule has 0 atom stereocenters. The minimum Gasteiger partial charge on any atom is -0.280 e. The van der Waals surface area contributed by atoms with Gasteiger partial charge in [-0.1, -0.05) is 91.9 Å². The third kappa shape index (κ3) is 8.03. The monoisotopic (exact) mass is 408 g/mol. The molecule has 29 heavy (non-hydrogen) atoms. The van der Waals surface area contributed by atoms with Crippen molar-refractivity contribution in [1.82, 2.24) is 9.80 Å². The van der Waals surface area contributed by atoms with Gasteiger partial charge >= 0.3 is 0 Å². The first-order valence-corrected chi connectivity index (χ1v) is 12.7. The van der Waals surface area contributed by atoms with Gasteiger partial charge in [0.2, 0.25) is 11.8 Å². The van der Waals surface area contributed by atoms with E-state index in [1.807, 2.05) is 0 Å². The molecule has 1 heterocycles. The van der Waals surface area contributed by atoms with Crippen LogP contribution in [0.3, 0.4) is 0 Å². The summed E-state index contributed by atoms with van der Waals surface area (Å²) in [6.07, 6.45) is 17.7. The summed E-state index contributed by atoms with van der Waals surface area (Å²) in [5, 5.41) is 0. The maximum Gasteiger partial charge on any atom is 0.231 e. The first-order valence-electron chi connectivity index (χ1n) is 12.7. The van der Waals surface area contributed by atoms with Crippen molar-refractivity contribution in [3.63, 3.8) is 0 Å². The highest BCUT2D eigenvalue weighted by atomic mass is 16.2. The van der Waals surface area contributed by atoms with Crippen LogP contribution >= 0.6 is 0 Å². The third-order valence-corrected chi connectivity index (χ3v) is 6.75. The molecule has 1 aliphatic rings. The fourth-order valence-corrected chi connectivity index (χ4v) is 4.89. The largest absolute Gasteiger partial charge is 0.280 e. The standard InChI is InChI=1S/C25H48N2O2/c1-5-9-11-13-15-17-21-26(22-18-16-14-12-10-6-2)25(7-3,8-4)27-23(28)19-20-24(27)29/h5-22H2,1-4H3. The number of likely N-dealkylation sites (tertiary alicyclic amines) is 1. The van der Waals surface area contributed by atoms with Gasteiger partial charge in [0.05, 0.1) is 0 Å². The van der Waals surface area contributed by atoms with E-state index in [1.54, 1.807) is 4.90 Å². The highest BCUT2D eigenvalue weighted by molar-refractivity contribution is 6.02. The Balaban J connectivity index is 2.77. The Kier molecular flexibility index (Phi) is 13.5. The highest BCUT2D eigenvalue weighted by Gasteiger charge is 2.47. The molecule has 0 radical (unpaired) electrons. The van der Waals surface area contributed by atoms with Crippen LogP contribution in [0.5, 0.6) is 0 Å². The van der Waals surface area contributed by atoms with Gasteiger partial charge in [0.15, 0.2) is 0 Å². The van der Waals surface area contributed by atoms with Crippen molar-refractivity contribution in [2.75, 3.05) is 13.1 Å². The van der Waals surface area contributed by atoms with Crippen LogP contribution < -0.4 is 0 Å². The number of imide groups is 1. The Bertz CT molecular complexity index is 428. The first kappa shape index (κ1) is 26.1. The molecule has 0 aromatic rings. The molecule has 1 aliphatic heterocycles. The Morgan fingerprint density at radius 3 is 1.41 bits per heavy atom. The molecule has 0 N–H and O–H groups in total. The highest BCUT2D eigenvalue weighted by Crippen LogP contribution is 2.34. The molecule has 1 fully saturated rings. The average Bonchev–Trinajstić information content (AvgIpc) is 3.07. The van der Waals surface area contributed by atoms with Crippen molar-refractivity contribution in [2.24, 2.45) is 0 Å². The predicted octanol–water partition coefficient (Wildman–Crippen LogP) is 6.67. The summed E-state index contributed by atoms with van der Waals surface area (Å²) in [7, 11) is 0. The van der Waals surface area contributed by atoms with Gasteiger partial charge in [-0.05, 0) is 25.7 Å². The molecule has 1 saturated heterocycles. The molecule has 1 rings (SSSR count). The molecule has 2 amide bonds. The number of hydrogen-bond acceptors (Lipinski definition) is 3. The van der Waals surface area contributed by atoms with Gasteiger partial charge in [-0.2, -0.15) is 0 Å². The van der Waals surface area contributed by atoms with E-state index in [-0.39, 0.29) is 11.8 Å². The van der Waals surface area contributed by atoms with Gasteiger partial charge in [0.25, 0.3) is 0 Å². The van der Waals surface area contributed by atoms with Crippen molar-refractivity contribution in [3.05, 3.63) is 0 Å². The quantitative estimate of drug-likeness (QED) is 0.188. The third-order valence-electron chi connectivity index (χ3n) is 6.75. The second-order valence-electron chi connectivity index (χ2n) is 8.84. The molecule has 4 nitrogen and oxygen atoms in total. The van der Waals surface area contributed by atoms with Gasteiger partial charge in [0.1, 0.15) is 5.66 Å². The summed E-state index contributed by atoms with van der Waals surface area (Å²) in [6.45, 7) is 10.8. The van der Waals surface area contributed by atoms with E-state index in [0.717, 1.165) is 38.8 Å². The average molecular weight is 409 g/mol. The number of carbonyl (C=O) groups excluding carboxylic acids is 2. The molecule has 0 unspecified atom stereocenters. The smallest absolute Gasteiger partial charge is 0.231 e. The Morgan fingerprint density at radius 1 is 0.655 bits per heavy atom. The molecule has 0 bridgehead atoms. The van der Waals surface area contributed by atoms with E-state index in [9.17, 15) is 9.59 Å². The predicted molar refractivity (Wildman–Crippen MR) is 123 cm³/mol. The minimum atomic E-state index is -0.419. The van der Waals surface area contributed by atoms with E-state index >= 15 is 0 Å². The first-order chi connectivity index (χ1) is 14.1. The van der Waals surface area contributed by atoms with Crippen LogP contribution in [0.25, 0.3) is 0 Å². The number of rotatable bonds is 18. The van der Waals surface area contributed by atoms with E-state index in [1.165, 1.54) is 64.2 Å². The molecule has 170 valence electrons. The number of unbranched alkanes of at least 4 members (excludes halogenated alkanes) is 10. The lowest BCUT2D eigenvalue weighted by atomic mass is 9.97. The van der Waals surface area contributed by atoms with Crippen LogP contribution in [0, 0.1) is 0 Å². The van der Waals surface area contributed by atoms with Crippen molar-refractivity contribution in [3.8, 4) is 0 Å². The lowest BCUT2D eigenvalue weighted by molar-refractivity contribution is -0.158. The van der Waals surface area contributed by atoms with E-state index < -0.39 is 5.66 Å². The summed E-state index contributed by atoms with van der Waals surface area (Å²) < 4.78 is 0. The van der Waals surface area contributed by atoms with Gasteiger partial charge in [0, 0.05) is 25.9 Å². The Morgan fingerprint density at radius 2 is 1.03 bits per heavy atom. The van der Waals surface area contributed by atoms with Crippen LogP contribution in [-0.2, 0) is 9.59 Å². The van der Waals surface area contributed by atoms with Crippen molar-refractivity contribution >= 4 is 11.8 Å². The SMILES string of the molecule is CCCCCCCCN(CCCCCCCC)C(CC)(CC)N1C(=O)CCC1=O. The summed E-state index contributed by atoms with van der Waals surface area (Å²) in [4.78, 5) is 29.4. The molecule has 0 spiro atoms. The van der Waals surface area contributed by atoms with Gasteiger partial charge in [-0.3, -0.25) is 19.4 Å². The summed E-state index contributed by atoms with van der Waals surface area (Å²) in [5.74, 6) is 0.0733. The molecular weight excluding hydrogens is 360 g/mol. The topological polar surface area (TPSA) is 40.6 Å². The molecule has 0 aliphatic carbocycles. The second kappa shape index (κ2) is 15.0. The van der Waals surface area contributed by atoms with Crippen molar-refractivity contribution in [1.29, 1.82) is 0 Å². The van der Waals surface area contributed by atoms with Crippen LogP contribution in [0.2, 0.25) is 0 Å². The summed E-state index contributed by atoms with van der Waals surface area (Å²) >= 11 is 0. The Labute approximate surface area is 180 Å². The van der Waals surface area contributed by atoms with Crippen LogP contribution in [0.4, 0.5) is 0 Å². The Hall–Kier alpha value is -0.900.